The van der Waals surface area contributed by atoms with E-state index in [1.54, 1.807) is 19.1 Å². The van der Waals surface area contributed by atoms with Crippen molar-refractivity contribution in [3.8, 4) is 11.1 Å². The number of hydrogen-bond donors (Lipinski definition) is 1. The van der Waals surface area contributed by atoms with E-state index in [0.717, 1.165) is 5.56 Å². The van der Waals surface area contributed by atoms with E-state index in [1.165, 1.54) is 0 Å². The molecule has 1 aromatic carbocycles. The zero-order valence-corrected chi connectivity index (χ0v) is 7.62. The summed E-state index contributed by atoms with van der Waals surface area (Å²) in [4.78, 5) is 11.3. The maximum Gasteiger partial charge on any atom is 0.304 e. The van der Waals surface area contributed by atoms with Crippen molar-refractivity contribution in [2.24, 2.45) is 0 Å². The van der Waals surface area contributed by atoms with Crippen molar-refractivity contribution in [2.45, 2.75) is 6.92 Å². The predicted molar refractivity (Wildman–Crippen MR) is 51.7 cm³/mol. The summed E-state index contributed by atoms with van der Waals surface area (Å²) >= 11 is 0. The summed E-state index contributed by atoms with van der Waals surface area (Å²) in [6.45, 7) is 1.67. The average molecular weight is 192 g/mol. The first-order chi connectivity index (χ1) is 6.70. The van der Waals surface area contributed by atoms with Crippen molar-refractivity contribution in [2.75, 3.05) is 0 Å². The number of hydrogen-bond acceptors (Lipinski definition) is 1. The molecule has 14 heavy (non-hydrogen) atoms. The van der Waals surface area contributed by atoms with E-state index < -0.39 is 5.56 Å². The maximum atomic E-state index is 12.8. The number of aromatic amines is 1. The molecule has 1 aromatic heterocycles. The van der Waals surface area contributed by atoms with Gasteiger partial charge in [-0.3, -0.25) is 9.89 Å². The molecule has 72 valence electrons. The first-order valence-electron chi connectivity index (χ1n) is 4.23. The van der Waals surface area contributed by atoms with Gasteiger partial charge in [0.05, 0.1) is 5.56 Å². The molecule has 0 aliphatic rings. The summed E-state index contributed by atoms with van der Waals surface area (Å²) in [7, 11) is 0. The summed E-state index contributed by atoms with van der Waals surface area (Å²) in [5, 5.41) is 2.31. The number of H-pyrrole nitrogens is 1. The predicted octanol–water partition coefficient (Wildman–Crippen LogP) is 1.88. The minimum atomic E-state index is -0.645. The van der Waals surface area contributed by atoms with Gasteiger partial charge in [-0.25, -0.2) is 0 Å². The second-order valence-corrected chi connectivity index (χ2v) is 3.06. The molecule has 1 N–H and O–H groups in total. The zero-order chi connectivity index (χ0) is 10.1. The smallest absolute Gasteiger partial charge is 0.271 e. The van der Waals surface area contributed by atoms with Crippen LogP contribution < -0.4 is 5.56 Å². The van der Waals surface area contributed by atoms with Crippen LogP contribution in [0, 0.1) is 6.92 Å². The Morgan fingerprint density at radius 2 is 1.93 bits per heavy atom. The molecule has 2 rings (SSSR count). The molecule has 0 saturated carbocycles. The van der Waals surface area contributed by atoms with Crippen LogP contribution in [0.3, 0.4) is 0 Å². The number of aromatic nitrogens is 2. The molecule has 4 heteroatoms. The largest absolute Gasteiger partial charge is 0.304 e. The van der Waals surface area contributed by atoms with Crippen LogP contribution in [0.4, 0.5) is 4.48 Å². The summed E-state index contributed by atoms with van der Waals surface area (Å²) < 4.78 is 12.8. The van der Waals surface area contributed by atoms with E-state index >= 15 is 0 Å². The van der Waals surface area contributed by atoms with Gasteiger partial charge in [-0.15, -0.1) is 0 Å². The number of rotatable bonds is 1. The molecule has 0 saturated heterocycles. The second-order valence-electron chi connectivity index (χ2n) is 3.06. The van der Waals surface area contributed by atoms with Crippen LogP contribution in [0.15, 0.2) is 35.1 Å². The lowest BCUT2D eigenvalue weighted by Gasteiger charge is -1.95. The molecule has 1 heterocycles. The lowest BCUT2D eigenvalue weighted by atomic mass is 10.1. The van der Waals surface area contributed by atoms with Crippen LogP contribution in [-0.2, 0) is 0 Å². The van der Waals surface area contributed by atoms with Crippen LogP contribution >= 0.6 is 0 Å². The Bertz CT molecular complexity index is 499. The van der Waals surface area contributed by atoms with Gasteiger partial charge in [0, 0.05) is 5.69 Å². The second kappa shape index (κ2) is 3.14. The standard InChI is InChI=1S/C10H9FN2O/c1-7-9(10(14)13(11)12-7)8-5-3-2-4-6-8/h2-6,12H,1H3. The molecule has 0 radical (unpaired) electrons. The highest BCUT2D eigenvalue weighted by Crippen LogP contribution is 2.17. The van der Waals surface area contributed by atoms with E-state index in [9.17, 15) is 9.28 Å². The van der Waals surface area contributed by atoms with Gasteiger partial charge in [0.1, 0.15) is 0 Å². The molecule has 0 fully saturated rings. The van der Waals surface area contributed by atoms with E-state index in [1.807, 2.05) is 18.2 Å². The van der Waals surface area contributed by atoms with Crippen molar-refractivity contribution in [3.05, 3.63) is 46.4 Å². The van der Waals surface area contributed by atoms with Gasteiger partial charge in [-0.05, 0) is 12.5 Å². The molecule has 0 aliphatic heterocycles. The Morgan fingerprint density at radius 1 is 1.29 bits per heavy atom. The van der Waals surface area contributed by atoms with Crippen LogP contribution in [0.5, 0.6) is 0 Å². The number of halogens is 1. The van der Waals surface area contributed by atoms with Gasteiger partial charge in [0.2, 0.25) is 0 Å². The van der Waals surface area contributed by atoms with Crippen LogP contribution in [0.2, 0.25) is 0 Å². The SMILES string of the molecule is Cc1[nH]n(F)c(=O)c1-c1ccccc1. The summed E-state index contributed by atoms with van der Waals surface area (Å²) in [6, 6.07) is 9.02. The number of nitrogens with zero attached hydrogens (tertiary/aromatic N) is 1. The third-order valence-corrected chi connectivity index (χ3v) is 2.10. The Kier molecular flexibility index (Phi) is 1.96. The molecule has 0 atom stereocenters. The fourth-order valence-electron chi connectivity index (χ4n) is 1.46. The Labute approximate surface area is 79.7 Å². The van der Waals surface area contributed by atoms with Gasteiger partial charge < -0.3 is 0 Å². The Hall–Kier alpha value is -1.84. The van der Waals surface area contributed by atoms with Crippen molar-refractivity contribution in [1.29, 1.82) is 0 Å². The molecule has 0 unspecified atom stereocenters. The first kappa shape index (κ1) is 8.74. The monoisotopic (exact) mass is 192 g/mol. The van der Waals surface area contributed by atoms with Gasteiger partial charge >= 0.3 is 5.56 Å². The first-order valence-corrected chi connectivity index (χ1v) is 4.23. The molecule has 0 amide bonds. The highest BCUT2D eigenvalue weighted by atomic mass is 19.2. The highest BCUT2D eigenvalue weighted by Gasteiger charge is 2.11. The van der Waals surface area contributed by atoms with Gasteiger partial charge in [0.15, 0.2) is 0 Å². The Balaban J connectivity index is 2.69. The summed E-state index contributed by atoms with van der Waals surface area (Å²) in [6.07, 6.45) is 0. The summed E-state index contributed by atoms with van der Waals surface area (Å²) in [5.41, 5.74) is 0.994. The fraction of sp³-hybridized carbons (Fsp3) is 0.100. The van der Waals surface area contributed by atoms with E-state index in [4.69, 9.17) is 0 Å². The molecular weight excluding hydrogens is 183 g/mol. The van der Waals surface area contributed by atoms with Crippen LogP contribution in [0.1, 0.15) is 5.69 Å². The average Bonchev–Trinajstić information content (AvgIpc) is 2.43. The molecular formula is C10H9FN2O. The van der Waals surface area contributed by atoms with Gasteiger partial charge in [-0.1, -0.05) is 39.7 Å². The third-order valence-electron chi connectivity index (χ3n) is 2.10. The summed E-state index contributed by atoms with van der Waals surface area (Å²) in [5.74, 6) is 0. The van der Waals surface area contributed by atoms with Crippen molar-refractivity contribution in [1.82, 2.24) is 10.0 Å². The molecule has 3 nitrogen and oxygen atoms in total. The highest BCUT2D eigenvalue weighted by molar-refractivity contribution is 5.64. The minimum absolute atomic E-state index is 0.00231. The Morgan fingerprint density at radius 3 is 2.43 bits per heavy atom. The number of nitrogens with one attached hydrogen (secondary N) is 1. The van der Waals surface area contributed by atoms with E-state index in [2.05, 4.69) is 5.10 Å². The minimum Gasteiger partial charge on any atom is -0.271 e. The van der Waals surface area contributed by atoms with Crippen LogP contribution in [0.25, 0.3) is 11.1 Å². The van der Waals surface area contributed by atoms with Crippen LogP contribution in [-0.4, -0.2) is 10.0 Å². The van der Waals surface area contributed by atoms with Crippen molar-refractivity contribution in [3.63, 3.8) is 0 Å². The molecule has 0 aliphatic carbocycles. The normalized spacial score (nSPS) is 10.4. The van der Waals surface area contributed by atoms with Gasteiger partial charge in [-0.2, -0.15) is 0 Å². The fourth-order valence-corrected chi connectivity index (χ4v) is 1.46. The number of aryl methyl sites for hydroxylation is 1. The van der Waals surface area contributed by atoms with Crippen molar-refractivity contribution >= 4 is 0 Å². The third kappa shape index (κ3) is 1.25. The van der Waals surface area contributed by atoms with E-state index in [0.29, 0.717) is 11.3 Å². The van der Waals surface area contributed by atoms with Gasteiger partial charge in [0.25, 0.3) is 0 Å². The molecule has 2 aromatic rings. The molecule has 0 spiro atoms. The zero-order valence-electron chi connectivity index (χ0n) is 7.62. The topological polar surface area (TPSA) is 37.8 Å². The van der Waals surface area contributed by atoms with E-state index in [-0.39, 0.29) is 4.90 Å². The molecule has 0 bridgehead atoms. The lowest BCUT2D eigenvalue weighted by molar-refractivity contribution is 0.303. The van der Waals surface area contributed by atoms with Crippen molar-refractivity contribution < 1.29 is 4.48 Å². The maximum absolute atomic E-state index is 12.8. The lowest BCUT2D eigenvalue weighted by Crippen LogP contribution is -2.09. The quantitative estimate of drug-likeness (QED) is 0.736. The number of benzene rings is 1.